The topological polar surface area (TPSA) is 105 Å². The first-order valence-corrected chi connectivity index (χ1v) is 6.46. The normalized spacial score (nSPS) is 22.1. The molecular weight excluding hydrogens is 284 g/mol. The van der Waals surface area contributed by atoms with Crippen LogP contribution in [0.2, 0.25) is 0 Å². The Labute approximate surface area is 121 Å². The molecule has 0 radical (unpaired) electrons. The Morgan fingerprint density at radius 3 is 2.38 bits per heavy atom. The standard InChI is InChI=1S/C13H18O8/c1-7(14)18-6-11(19-8(2)15)4-10-5-12(13(17)21-10)20-9(3)16/h10-12H,4-6H2,1-3H3/t10-,11-,12+/m0/s1. The minimum atomic E-state index is -0.945. The highest BCUT2D eigenvalue weighted by atomic mass is 16.6. The molecule has 1 fully saturated rings. The maximum absolute atomic E-state index is 11.5. The Morgan fingerprint density at radius 1 is 1.19 bits per heavy atom. The van der Waals surface area contributed by atoms with Gasteiger partial charge in [-0.2, -0.15) is 0 Å². The van der Waals surface area contributed by atoms with Crippen LogP contribution in [0.25, 0.3) is 0 Å². The van der Waals surface area contributed by atoms with Gasteiger partial charge in [0.1, 0.15) is 18.8 Å². The highest BCUT2D eigenvalue weighted by Gasteiger charge is 2.38. The minimum absolute atomic E-state index is 0.124. The van der Waals surface area contributed by atoms with Gasteiger partial charge in [-0.05, 0) is 0 Å². The van der Waals surface area contributed by atoms with Gasteiger partial charge in [-0.25, -0.2) is 4.79 Å². The maximum Gasteiger partial charge on any atom is 0.347 e. The summed E-state index contributed by atoms with van der Waals surface area (Å²) in [5.74, 6) is -2.25. The number of hydrogen-bond acceptors (Lipinski definition) is 8. The Kier molecular flexibility index (Phi) is 6.13. The molecule has 0 aromatic carbocycles. The Bertz CT molecular complexity index is 430. The molecule has 21 heavy (non-hydrogen) atoms. The average molecular weight is 302 g/mol. The van der Waals surface area contributed by atoms with Crippen LogP contribution in [0.1, 0.15) is 33.6 Å². The molecule has 1 saturated heterocycles. The van der Waals surface area contributed by atoms with Crippen LogP contribution in [0.4, 0.5) is 0 Å². The summed E-state index contributed by atoms with van der Waals surface area (Å²) in [5.41, 5.74) is 0. The number of carbonyl (C=O) groups excluding carboxylic acids is 4. The lowest BCUT2D eigenvalue weighted by atomic mass is 10.1. The molecular formula is C13H18O8. The molecule has 8 heteroatoms. The van der Waals surface area contributed by atoms with Crippen LogP contribution in [-0.4, -0.2) is 48.8 Å². The number of hydrogen-bond donors (Lipinski definition) is 0. The zero-order valence-electron chi connectivity index (χ0n) is 12.1. The van der Waals surface area contributed by atoms with E-state index in [1.165, 1.54) is 20.8 Å². The van der Waals surface area contributed by atoms with Crippen molar-refractivity contribution < 1.29 is 38.1 Å². The second kappa shape index (κ2) is 7.61. The molecule has 0 saturated carbocycles. The second-order valence-electron chi connectivity index (χ2n) is 4.66. The van der Waals surface area contributed by atoms with Crippen LogP contribution >= 0.6 is 0 Å². The molecule has 1 heterocycles. The van der Waals surface area contributed by atoms with Crippen molar-refractivity contribution in [3.05, 3.63) is 0 Å². The van der Waals surface area contributed by atoms with Crippen molar-refractivity contribution in [1.29, 1.82) is 0 Å². The predicted molar refractivity (Wildman–Crippen MR) is 66.9 cm³/mol. The summed E-state index contributed by atoms with van der Waals surface area (Å²) in [5, 5.41) is 0. The van der Waals surface area contributed by atoms with E-state index in [4.69, 9.17) is 18.9 Å². The van der Waals surface area contributed by atoms with E-state index in [1.807, 2.05) is 0 Å². The molecule has 0 unspecified atom stereocenters. The third-order valence-corrected chi connectivity index (χ3v) is 2.66. The van der Waals surface area contributed by atoms with Gasteiger partial charge in [-0.1, -0.05) is 0 Å². The van der Waals surface area contributed by atoms with Crippen LogP contribution in [0, 0.1) is 0 Å². The van der Waals surface area contributed by atoms with Crippen molar-refractivity contribution in [2.75, 3.05) is 6.61 Å². The predicted octanol–water partition coefficient (Wildman–Crippen LogP) is 0.118. The lowest BCUT2D eigenvalue weighted by Gasteiger charge is -2.19. The number of rotatable bonds is 6. The molecule has 0 aliphatic carbocycles. The fourth-order valence-corrected chi connectivity index (χ4v) is 1.95. The van der Waals surface area contributed by atoms with Crippen molar-refractivity contribution in [2.24, 2.45) is 0 Å². The maximum atomic E-state index is 11.5. The molecule has 0 N–H and O–H groups in total. The lowest BCUT2D eigenvalue weighted by molar-refractivity contribution is -0.162. The first kappa shape index (κ1) is 16.9. The largest absolute Gasteiger partial charge is 0.462 e. The first-order valence-electron chi connectivity index (χ1n) is 6.46. The van der Waals surface area contributed by atoms with E-state index in [0.29, 0.717) is 0 Å². The molecule has 1 rings (SSSR count). The Balaban J connectivity index is 2.54. The fraction of sp³-hybridized carbons (Fsp3) is 0.692. The molecule has 1 aliphatic heterocycles. The van der Waals surface area contributed by atoms with Crippen LogP contribution in [0.15, 0.2) is 0 Å². The van der Waals surface area contributed by atoms with Gasteiger partial charge >= 0.3 is 23.9 Å². The van der Waals surface area contributed by atoms with E-state index in [-0.39, 0.29) is 19.4 Å². The van der Waals surface area contributed by atoms with Crippen molar-refractivity contribution in [3.63, 3.8) is 0 Å². The van der Waals surface area contributed by atoms with Gasteiger partial charge < -0.3 is 18.9 Å². The molecule has 0 bridgehead atoms. The summed E-state index contributed by atoms with van der Waals surface area (Å²) in [6, 6.07) is 0. The van der Waals surface area contributed by atoms with Crippen LogP contribution in [0.5, 0.6) is 0 Å². The molecule has 3 atom stereocenters. The third kappa shape index (κ3) is 6.24. The van der Waals surface area contributed by atoms with Crippen molar-refractivity contribution in [3.8, 4) is 0 Å². The molecule has 1 aliphatic rings. The highest BCUT2D eigenvalue weighted by Crippen LogP contribution is 2.23. The van der Waals surface area contributed by atoms with E-state index in [1.54, 1.807) is 0 Å². The highest BCUT2D eigenvalue weighted by molar-refractivity contribution is 5.80. The van der Waals surface area contributed by atoms with Crippen molar-refractivity contribution in [1.82, 2.24) is 0 Å². The first-order chi connectivity index (χ1) is 9.77. The Morgan fingerprint density at radius 2 is 1.86 bits per heavy atom. The summed E-state index contributed by atoms with van der Waals surface area (Å²) in [6.07, 6.45) is -1.90. The van der Waals surface area contributed by atoms with E-state index >= 15 is 0 Å². The Hall–Kier alpha value is -2.12. The number of carbonyl (C=O) groups is 4. The summed E-state index contributed by atoms with van der Waals surface area (Å²) < 4.78 is 19.6. The molecule has 8 nitrogen and oxygen atoms in total. The minimum Gasteiger partial charge on any atom is -0.462 e. The summed E-state index contributed by atoms with van der Waals surface area (Å²) in [7, 11) is 0. The third-order valence-electron chi connectivity index (χ3n) is 2.66. The quantitative estimate of drug-likeness (QED) is 0.503. The average Bonchev–Trinajstić information content (AvgIpc) is 2.65. The number of cyclic esters (lactones) is 1. The summed E-state index contributed by atoms with van der Waals surface area (Å²) >= 11 is 0. The molecule has 0 aromatic heterocycles. The van der Waals surface area contributed by atoms with E-state index in [2.05, 4.69) is 0 Å². The van der Waals surface area contributed by atoms with Gasteiger partial charge in [-0.15, -0.1) is 0 Å². The van der Waals surface area contributed by atoms with E-state index < -0.39 is 42.2 Å². The van der Waals surface area contributed by atoms with Crippen LogP contribution in [-0.2, 0) is 38.1 Å². The molecule has 0 aromatic rings. The number of esters is 4. The van der Waals surface area contributed by atoms with Crippen LogP contribution < -0.4 is 0 Å². The number of ether oxygens (including phenoxy) is 4. The monoisotopic (exact) mass is 302 g/mol. The van der Waals surface area contributed by atoms with Gasteiger partial charge in [-0.3, -0.25) is 14.4 Å². The van der Waals surface area contributed by atoms with E-state index in [9.17, 15) is 19.2 Å². The van der Waals surface area contributed by atoms with Gasteiger partial charge in [0.15, 0.2) is 0 Å². The smallest absolute Gasteiger partial charge is 0.347 e. The lowest BCUT2D eigenvalue weighted by Crippen LogP contribution is -2.28. The SMILES string of the molecule is CC(=O)OC[C@H](C[C@H]1C[C@@H](OC(C)=O)C(=O)O1)OC(C)=O. The molecule has 0 spiro atoms. The van der Waals surface area contributed by atoms with Gasteiger partial charge in [0, 0.05) is 33.6 Å². The van der Waals surface area contributed by atoms with Crippen molar-refractivity contribution >= 4 is 23.9 Å². The molecule has 118 valence electrons. The summed E-state index contributed by atoms with van der Waals surface area (Å²) in [6.45, 7) is 3.53. The molecule has 0 amide bonds. The van der Waals surface area contributed by atoms with Crippen LogP contribution in [0.3, 0.4) is 0 Å². The zero-order valence-corrected chi connectivity index (χ0v) is 12.1. The van der Waals surface area contributed by atoms with Gasteiger partial charge in [0.2, 0.25) is 6.10 Å². The van der Waals surface area contributed by atoms with E-state index in [0.717, 1.165) is 0 Å². The zero-order chi connectivity index (χ0) is 16.0. The fourth-order valence-electron chi connectivity index (χ4n) is 1.95. The van der Waals surface area contributed by atoms with Gasteiger partial charge in [0.05, 0.1) is 0 Å². The van der Waals surface area contributed by atoms with Crippen molar-refractivity contribution in [2.45, 2.75) is 51.9 Å². The second-order valence-corrected chi connectivity index (χ2v) is 4.66. The summed E-state index contributed by atoms with van der Waals surface area (Å²) in [4.78, 5) is 44.1. The van der Waals surface area contributed by atoms with Gasteiger partial charge in [0.25, 0.3) is 0 Å².